The summed E-state index contributed by atoms with van der Waals surface area (Å²) in [7, 11) is 5.85. The standard InChI is InChI=1S/2C2H5.ClH.Sn/c2*1-2;;/h2*1H2,2H3;1H;/q;;;+2/p-1. The van der Waals surface area contributed by atoms with Gasteiger partial charge in [0.1, 0.15) is 0 Å². The Labute approximate surface area is 50.3 Å². The van der Waals surface area contributed by atoms with Crippen molar-refractivity contribution >= 4 is 27.6 Å². The van der Waals surface area contributed by atoms with E-state index >= 15 is 0 Å². The molecule has 0 aromatic carbocycles. The van der Waals surface area contributed by atoms with Crippen LogP contribution in [0.4, 0.5) is 0 Å². The van der Waals surface area contributed by atoms with Gasteiger partial charge in [-0.3, -0.25) is 0 Å². The van der Waals surface area contributed by atoms with Gasteiger partial charge in [-0.05, 0) is 0 Å². The topological polar surface area (TPSA) is 0 Å². The number of halogens is 1. The van der Waals surface area contributed by atoms with Crippen molar-refractivity contribution in [2.75, 3.05) is 0 Å². The zero-order chi connectivity index (χ0) is 4.99. The second-order valence-electron chi connectivity index (χ2n) is 1.22. The molecular weight excluding hydrogens is 202 g/mol. The quantitative estimate of drug-likeness (QED) is 0.616. The van der Waals surface area contributed by atoms with Crippen molar-refractivity contribution in [1.82, 2.24) is 0 Å². The van der Waals surface area contributed by atoms with Crippen LogP contribution in [0.25, 0.3) is 0 Å². The Kier molecular flexibility index (Phi) is 5.02. The first-order valence-electron chi connectivity index (χ1n) is 2.31. The molecule has 0 aromatic rings. The molecule has 0 aromatic heterocycles. The van der Waals surface area contributed by atoms with Crippen molar-refractivity contribution in [1.29, 1.82) is 0 Å². The normalized spacial score (nSPS) is 8.50. The minimum absolute atomic E-state index is 1.14. The fourth-order valence-corrected chi connectivity index (χ4v) is 1.68. The Balaban J connectivity index is 2.75. The zero-order valence-corrected chi connectivity index (χ0v) is 7.90. The molecule has 2 heteroatoms. The maximum atomic E-state index is 5.85. The Morgan fingerprint density at radius 2 is 1.67 bits per heavy atom. The Bertz CT molecular complexity index is 26.7. The van der Waals surface area contributed by atoms with Gasteiger partial charge in [0.25, 0.3) is 0 Å². The van der Waals surface area contributed by atoms with Crippen LogP contribution in [0.2, 0.25) is 8.87 Å². The van der Waals surface area contributed by atoms with E-state index in [1.165, 1.54) is 8.87 Å². The van der Waals surface area contributed by atoms with E-state index in [0.29, 0.717) is 0 Å². The van der Waals surface area contributed by atoms with Crippen LogP contribution in [-0.2, 0) is 0 Å². The molecule has 0 bridgehead atoms. The molecule has 0 N–H and O–H groups in total. The van der Waals surface area contributed by atoms with Gasteiger partial charge >= 0.3 is 50.3 Å². The van der Waals surface area contributed by atoms with Crippen LogP contribution in [0.15, 0.2) is 0 Å². The van der Waals surface area contributed by atoms with Gasteiger partial charge in [-0.15, -0.1) is 0 Å². The van der Waals surface area contributed by atoms with Crippen molar-refractivity contribution in [3.63, 3.8) is 0 Å². The van der Waals surface area contributed by atoms with E-state index in [4.69, 9.17) is 8.92 Å². The van der Waals surface area contributed by atoms with E-state index in [9.17, 15) is 0 Å². The third-order valence-corrected chi connectivity index (χ3v) is 8.73. The summed E-state index contributed by atoms with van der Waals surface area (Å²) in [6.07, 6.45) is 0. The Morgan fingerprint density at radius 3 is 1.67 bits per heavy atom. The van der Waals surface area contributed by atoms with Crippen LogP contribution in [0, 0.1) is 0 Å². The molecule has 0 radical (unpaired) electrons. The molecule has 6 heavy (non-hydrogen) atoms. The van der Waals surface area contributed by atoms with Gasteiger partial charge in [-0.25, -0.2) is 0 Å². The summed E-state index contributed by atoms with van der Waals surface area (Å²) >= 11 is -1.14. The Morgan fingerprint density at radius 1 is 1.33 bits per heavy atom. The fraction of sp³-hybridized carbons (Fsp3) is 1.00. The molecule has 0 heterocycles. The molecule has 0 amide bonds. The van der Waals surface area contributed by atoms with Crippen molar-refractivity contribution in [2.24, 2.45) is 0 Å². The summed E-state index contributed by atoms with van der Waals surface area (Å²) in [5, 5.41) is 0. The summed E-state index contributed by atoms with van der Waals surface area (Å²) in [5.74, 6) is 0. The van der Waals surface area contributed by atoms with E-state index in [1.54, 1.807) is 0 Å². The first kappa shape index (κ1) is 7.09. The van der Waals surface area contributed by atoms with Gasteiger partial charge in [0, 0.05) is 0 Å². The number of rotatable bonds is 2. The molecule has 0 nitrogen and oxygen atoms in total. The second kappa shape index (κ2) is 4.25. The summed E-state index contributed by atoms with van der Waals surface area (Å²) in [6, 6.07) is 0. The van der Waals surface area contributed by atoms with Crippen LogP contribution in [0.1, 0.15) is 13.8 Å². The predicted molar refractivity (Wildman–Crippen MR) is 32.6 cm³/mol. The van der Waals surface area contributed by atoms with Gasteiger partial charge in [0.2, 0.25) is 0 Å². The van der Waals surface area contributed by atoms with E-state index < -0.39 is 18.6 Å². The summed E-state index contributed by atoms with van der Waals surface area (Å²) in [6.45, 7) is 4.37. The summed E-state index contributed by atoms with van der Waals surface area (Å²) < 4.78 is 2.58. The molecule has 0 fully saturated rings. The van der Waals surface area contributed by atoms with E-state index in [1.807, 2.05) is 0 Å². The average molecular weight is 212 g/mol. The van der Waals surface area contributed by atoms with Gasteiger partial charge in [0.15, 0.2) is 0 Å². The molecular formula is C4H10ClSn+. The van der Waals surface area contributed by atoms with E-state index in [2.05, 4.69) is 13.8 Å². The molecule has 0 atom stereocenters. The monoisotopic (exact) mass is 213 g/mol. The molecule has 0 saturated heterocycles. The predicted octanol–water partition coefficient (Wildman–Crippen LogP) is 2.26. The number of hydrogen-bond donors (Lipinski definition) is 0. The van der Waals surface area contributed by atoms with Gasteiger partial charge < -0.3 is 0 Å². The SMILES string of the molecule is C[CH2][Sn+]([Cl])[CH2]C. The summed E-state index contributed by atoms with van der Waals surface area (Å²) in [4.78, 5) is 0. The molecule has 0 aliphatic carbocycles. The van der Waals surface area contributed by atoms with E-state index in [0.717, 1.165) is 0 Å². The molecule has 0 unspecified atom stereocenters. The molecule has 0 spiro atoms. The molecule has 36 valence electrons. The molecule has 0 saturated carbocycles. The van der Waals surface area contributed by atoms with E-state index in [-0.39, 0.29) is 0 Å². The Hall–Kier alpha value is 1.09. The van der Waals surface area contributed by atoms with Crippen molar-refractivity contribution in [2.45, 2.75) is 22.7 Å². The van der Waals surface area contributed by atoms with Crippen molar-refractivity contribution in [3.8, 4) is 0 Å². The fourth-order valence-electron chi connectivity index (χ4n) is 0.250. The van der Waals surface area contributed by atoms with Gasteiger partial charge in [-0.1, -0.05) is 0 Å². The maximum absolute atomic E-state index is 5.85. The second-order valence-corrected chi connectivity index (χ2v) is 11.8. The third-order valence-electron chi connectivity index (χ3n) is 0.767. The molecule has 0 aliphatic heterocycles. The van der Waals surface area contributed by atoms with Gasteiger partial charge in [0.05, 0.1) is 0 Å². The van der Waals surface area contributed by atoms with Crippen LogP contribution in [0.3, 0.4) is 0 Å². The van der Waals surface area contributed by atoms with Crippen molar-refractivity contribution in [3.05, 3.63) is 0 Å². The van der Waals surface area contributed by atoms with Crippen LogP contribution in [0.5, 0.6) is 0 Å². The molecule has 0 aliphatic rings. The summed E-state index contributed by atoms with van der Waals surface area (Å²) in [5.41, 5.74) is 0. The van der Waals surface area contributed by atoms with Crippen LogP contribution < -0.4 is 0 Å². The zero-order valence-electron chi connectivity index (χ0n) is 4.29. The number of hydrogen-bond acceptors (Lipinski definition) is 0. The first-order chi connectivity index (χ1) is 2.81. The van der Waals surface area contributed by atoms with Crippen LogP contribution in [-0.4, -0.2) is 18.6 Å². The molecule has 0 rings (SSSR count). The third kappa shape index (κ3) is 3.29. The minimum atomic E-state index is -1.14. The average Bonchev–Trinajstić information content (AvgIpc) is 1.65. The van der Waals surface area contributed by atoms with Crippen molar-refractivity contribution < 1.29 is 0 Å². The van der Waals surface area contributed by atoms with Crippen LogP contribution >= 0.6 is 8.92 Å². The van der Waals surface area contributed by atoms with Gasteiger partial charge in [-0.2, -0.15) is 0 Å². The first-order valence-corrected chi connectivity index (χ1v) is 9.96.